The lowest BCUT2D eigenvalue weighted by Gasteiger charge is -2.00. The van der Waals surface area contributed by atoms with E-state index in [9.17, 15) is 0 Å². The summed E-state index contributed by atoms with van der Waals surface area (Å²) in [5, 5.41) is 0. The molecule has 0 nitrogen and oxygen atoms in total. The molecule has 0 amide bonds. The highest BCUT2D eigenvalue weighted by atomic mass is 32.1. The van der Waals surface area contributed by atoms with Crippen LogP contribution in [-0.4, -0.2) is 5.75 Å². The van der Waals surface area contributed by atoms with Gasteiger partial charge in [-0.3, -0.25) is 0 Å². The number of thiol groups is 1. The lowest BCUT2D eigenvalue weighted by atomic mass is 10.1. The van der Waals surface area contributed by atoms with E-state index in [1.54, 1.807) is 5.57 Å². The summed E-state index contributed by atoms with van der Waals surface area (Å²) in [6, 6.07) is 0. The van der Waals surface area contributed by atoms with Gasteiger partial charge in [0.1, 0.15) is 0 Å². The van der Waals surface area contributed by atoms with Crippen LogP contribution in [0.25, 0.3) is 0 Å². The number of hydrogen-bond acceptors (Lipinski definition) is 1. The van der Waals surface area contributed by atoms with Crippen molar-refractivity contribution in [2.45, 2.75) is 33.1 Å². The van der Waals surface area contributed by atoms with Crippen LogP contribution in [0.5, 0.6) is 0 Å². The van der Waals surface area contributed by atoms with Crippen molar-refractivity contribution in [3.63, 3.8) is 0 Å². The van der Waals surface area contributed by atoms with Crippen LogP contribution in [0.15, 0.2) is 11.6 Å². The van der Waals surface area contributed by atoms with Crippen molar-refractivity contribution in [1.82, 2.24) is 0 Å². The van der Waals surface area contributed by atoms with Gasteiger partial charge < -0.3 is 0 Å². The van der Waals surface area contributed by atoms with Crippen LogP contribution in [0, 0.1) is 0 Å². The summed E-state index contributed by atoms with van der Waals surface area (Å²) in [7, 11) is 0. The first-order valence-corrected chi connectivity index (χ1v) is 4.23. The fraction of sp³-hybridized carbons (Fsp3) is 0.750. The predicted molar refractivity (Wildman–Crippen MR) is 47.1 cm³/mol. The third-order valence-electron chi connectivity index (χ3n) is 1.41. The van der Waals surface area contributed by atoms with Crippen molar-refractivity contribution in [3.8, 4) is 0 Å². The zero-order chi connectivity index (χ0) is 7.11. The van der Waals surface area contributed by atoms with E-state index in [4.69, 9.17) is 0 Å². The molecule has 0 N–H and O–H groups in total. The predicted octanol–water partition coefficient (Wildman–Crippen LogP) is 3.05. The van der Waals surface area contributed by atoms with E-state index in [0.717, 1.165) is 12.2 Å². The van der Waals surface area contributed by atoms with E-state index in [2.05, 4.69) is 32.6 Å². The van der Waals surface area contributed by atoms with E-state index in [1.165, 1.54) is 12.8 Å². The Morgan fingerprint density at radius 3 is 2.44 bits per heavy atom. The number of allylic oxidation sites excluding steroid dienone is 2. The third kappa shape index (κ3) is 4.58. The first-order chi connectivity index (χ1) is 4.35. The summed E-state index contributed by atoms with van der Waals surface area (Å²) >= 11 is 4.17. The Morgan fingerprint density at radius 1 is 1.44 bits per heavy atom. The highest BCUT2D eigenvalue weighted by Crippen LogP contribution is 2.09. The van der Waals surface area contributed by atoms with Crippen molar-refractivity contribution in [1.29, 1.82) is 0 Å². The van der Waals surface area contributed by atoms with Gasteiger partial charge in [0.05, 0.1) is 0 Å². The quantitative estimate of drug-likeness (QED) is 0.455. The first kappa shape index (κ1) is 9.09. The van der Waals surface area contributed by atoms with Crippen LogP contribution in [0.4, 0.5) is 0 Å². The van der Waals surface area contributed by atoms with Gasteiger partial charge in [-0.05, 0) is 25.5 Å². The molecule has 0 saturated heterocycles. The van der Waals surface area contributed by atoms with Gasteiger partial charge in [-0.2, -0.15) is 12.6 Å². The molecule has 54 valence electrons. The van der Waals surface area contributed by atoms with Gasteiger partial charge in [-0.15, -0.1) is 0 Å². The summed E-state index contributed by atoms with van der Waals surface area (Å²) in [5.41, 5.74) is 1.55. The normalized spacial score (nSPS) is 12.1. The molecule has 0 unspecified atom stereocenters. The van der Waals surface area contributed by atoms with Crippen LogP contribution in [-0.2, 0) is 0 Å². The molecule has 0 bridgehead atoms. The fourth-order valence-corrected chi connectivity index (χ4v) is 1.17. The zero-order valence-corrected chi connectivity index (χ0v) is 7.25. The molecule has 0 aliphatic heterocycles. The van der Waals surface area contributed by atoms with Crippen LogP contribution in [0.2, 0.25) is 0 Å². The van der Waals surface area contributed by atoms with Crippen molar-refractivity contribution in [3.05, 3.63) is 11.6 Å². The van der Waals surface area contributed by atoms with Gasteiger partial charge in [-0.25, -0.2) is 0 Å². The van der Waals surface area contributed by atoms with E-state index in [0.29, 0.717) is 0 Å². The third-order valence-corrected chi connectivity index (χ3v) is 1.64. The summed E-state index contributed by atoms with van der Waals surface area (Å²) in [4.78, 5) is 0. The molecule has 0 aliphatic carbocycles. The average molecular weight is 144 g/mol. The molecule has 0 rings (SSSR count). The molecule has 0 aromatic heterocycles. The molecule has 0 aliphatic rings. The van der Waals surface area contributed by atoms with E-state index in [-0.39, 0.29) is 0 Å². The Hall–Kier alpha value is 0.0900. The number of rotatable bonds is 4. The van der Waals surface area contributed by atoms with E-state index in [1.807, 2.05) is 0 Å². The van der Waals surface area contributed by atoms with Crippen LogP contribution >= 0.6 is 12.6 Å². The highest BCUT2D eigenvalue weighted by Gasteiger charge is 1.90. The van der Waals surface area contributed by atoms with Crippen LogP contribution in [0.1, 0.15) is 33.1 Å². The zero-order valence-electron chi connectivity index (χ0n) is 6.35. The maximum Gasteiger partial charge on any atom is -0.00606 e. The van der Waals surface area contributed by atoms with Crippen molar-refractivity contribution in [2.24, 2.45) is 0 Å². The summed E-state index contributed by atoms with van der Waals surface area (Å²) < 4.78 is 0. The molecular formula is C8H16S. The van der Waals surface area contributed by atoms with E-state index < -0.39 is 0 Å². The average Bonchev–Trinajstić information content (AvgIpc) is 1.88. The Bertz CT molecular complexity index is 76.6. The van der Waals surface area contributed by atoms with Gasteiger partial charge in [-0.1, -0.05) is 25.0 Å². The second kappa shape index (κ2) is 6.21. The largest absolute Gasteiger partial charge is 0.179 e. The maximum atomic E-state index is 4.17. The fourth-order valence-electron chi connectivity index (χ4n) is 0.878. The van der Waals surface area contributed by atoms with Crippen LogP contribution in [0.3, 0.4) is 0 Å². The smallest absolute Gasteiger partial charge is 0.00606 e. The first-order valence-electron chi connectivity index (χ1n) is 3.60. The standard InChI is InChI=1S/C8H16S/c1-3-5-8(4-2)6-7-9/h4,9H,3,5-7H2,1-2H3/b8-4-. The Balaban J connectivity index is 3.43. The molecule has 1 heteroatoms. The van der Waals surface area contributed by atoms with Gasteiger partial charge in [0, 0.05) is 0 Å². The second-order valence-corrected chi connectivity index (χ2v) is 2.62. The molecule has 0 spiro atoms. The highest BCUT2D eigenvalue weighted by molar-refractivity contribution is 7.80. The minimum Gasteiger partial charge on any atom is -0.179 e. The minimum absolute atomic E-state index is 0.986. The van der Waals surface area contributed by atoms with Gasteiger partial charge >= 0.3 is 0 Å². The molecular weight excluding hydrogens is 128 g/mol. The van der Waals surface area contributed by atoms with Gasteiger partial charge in [0.25, 0.3) is 0 Å². The van der Waals surface area contributed by atoms with Gasteiger partial charge in [0.15, 0.2) is 0 Å². The lowest BCUT2D eigenvalue weighted by Crippen LogP contribution is -1.83. The summed E-state index contributed by atoms with van der Waals surface area (Å²) in [5.74, 6) is 0.986. The SMILES string of the molecule is C/C=C(/CCC)CCS. The molecule has 9 heavy (non-hydrogen) atoms. The molecule has 0 atom stereocenters. The Kier molecular flexibility index (Phi) is 6.28. The van der Waals surface area contributed by atoms with Crippen molar-refractivity contribution < 1.29 is 0 Å². The molecule has 0 heterocycles. The molecule has 0 fully saturated rings. The summed E-state index contributed by atoms with van der Waals surface area (Å²) in [6.45, 7) is 4.32. The Labute approximate surface area is 63.8 Å². The van der Waals surface area contributed by atoms with Crippen LogP contribution < -0.4 is 0 Å². The Morgan fingerprint density at radius 2 is 2.11 bits per heavy atom. The second-order valence-electron chi connectivity index (χ2n) is 2.17. The number of hydrogen-bond donors (Lipinski definition) is 1. The topological polar surface area (TPSA) is 0 Å². The molecule has 0 radical (unpaired) electrons. The molecule has 0 aromatic carbocycles. The summed E-state index contributed by atoms with van der Waals surface area (Å²) in [6.07, 6.45) is 5.87. The molecule has 0 saturated carbocycles. The van der Waals surface area contributed by atoms with E-state index >= 15 is 0 Å². The molecule has 0 aromatic rings. The minimum atomic E-state index is 0.986. The lowest BCUT2D eigenvalue weighted by molar-refractivity contribution is 0.860. The van der Waals surface area contributed by atoms with Crippen molar-refractivity contribution in [2.75, 3.05) is 5.75 Å². The van der Waals surface area contributed by atoms with Gasteiger partial charge in [0.2, 0.25) is 0 Å². The van der Waals surface area contributed by atoms with Crippen molar-refractivity contribution >= 4 is 12.6 Å². The maximum absolute atomic E-state index is 4.17. The monoisotopic (exact) mass is 144 g/mol.